The topological polar surface area (TPSA) is 20.7 Å². The summed E-state index contributed by atoms with van der Waals surface area (Å²) in [7, 11) is 0. The first-order valence-electron chi connectivity index (χ1n) is 5.56. The highest BCUT2D eigenvalue weighted by Crippen LogP contribution is 2.15. The Morgan fingerprint density at radius 1 is 0.941 bits per heavy atom. The summed E-state index contributed by atoms with van der Waals surface area (Å²) in [6.45, 7) is 0.786. The average Bonchev–Trinajstić information content (AvgIpc) is 2.68. The number of fused-ring (bicyclic) bond motifs is 1. The summed E-state index contributed by atoms with van der Waals surface area (Å²) in [6.07, 6.45) is 0. The lowest BCUT2D eigenvalue weighted by Crippen LogP contribution is -2.00. The van der Waals surface area contributed by atoms with Crippen molar-refractivity contribution in [2.24, 2.45) is 0 Å². The third-order valence-corrected chi connectivity index (χ3v) is 3.28. The first-order valence-corrected chi connectivity index (χ1v) is 5.97. The lowest BCUT2D eigenvalue weighted by Gasteiger charge is -2.02. The number of H-pyrrole nitrogens is 1. The van der Waals surface area contributed by atoms with Gasteiger partial charge in [0.25, 0.3) is 0 Å². The maximum absolute atomic E-state index is 5.46. The molecule has 2 aromatic carbocycles. The smallest absolute Gasteiger partial charge is 0.130 e. The fraction of sp³-hybridized carbons (Fsp3) is 0.0714. The van der Waals surface area contributed by atoms with Gasteiger partial charge in [-0.1, -0.05) is 54.7 Å². The third-order valence-electron chi connectivity index (χ3n) is 2.84. The Balaban J connectivity index is 2.07. The first kappa shape index (κ1) is 10.3. The van der Waals surface area contributed by atoms with Crippen LogP contribution in [0.3, 0.4) is 0 Å². The molecule has 0 radical (unpaired) electrons. The second-order valence-corrected chi connectivity index (χ2v) is 4.42. The van der Waals surface area contributed by atoms with Crippen molar-refractivity contribution in [3.8, 4) is 0 Å². The molecule has 0 atom stereocenters. The van der Waals surface area contributed by atoms with Crippen molar-refractivity contribution < 1.29 is 0 Å². The second kappa shape index (κ2) is 4.18. The molecule has 84 valence electrons. The molecule has 17 heavy (non-hydrogen) atoms. The Labute approximate surface area is 105 Å². The van der Waals surface area contributed by atoms with Gasteiger partial charge in [0, 0.05) is 5.39 Å². The van der Waals surface area contributed by atoms with E-state index in [1.54, 1.807) is 0 Å². The number of rotatable bonds is 2. The van der Waals surface area contributed by atoms with E-state index in [9.17, 15) is 0 Å². The zero-order valence-corrected chi connectivity index (χ0v) is 10.1. The van der Waals surface area contributed by atoms with E-state index in [4.69, 9.17) is 12.2 Å². The fourth-order valence-corrected chi connectivity index (χ4v) is 2.27. The predicted molar refractivity (Wildman–Crippen MR) is 72.7 cm³/mol. The van der Waals surface area contributed by atoms with Gasteiger partial charge in [0.05, 0.1) is 12.1 Å². The van der Waals surface area contributed by atoms with Gasteiger partial charge in [-0.15, -0.1) is 0 Å². The van der Waals surface area contributed by atoms with Crippen LogP contribution in [0.25, 0.3) is 10.9 Å². The van der Waals surface area contributed by atoms with Gasteiger partial charge in [-0.25, -0.2) is 0 Å². The molecule has 0 saturated carbocycles. The molecule has 3 heteroatoms. The minimum atomic E-state index is 0.786. The lowest BCUT2D eigenvalue weighted by atomic mass is 10.2. The fourth-order valence-electron chi connectivity index (χ4n) is 1.99. The van der Waals surface area contributed by atoms with E-state index in [1.807, 2.05) is 41.1 Å². The first-order chi connectivity index (χ1) is 8.34. The molecular formula is C14H12N2S. The molecule has 1 heterocycles. The zero-order chi connectivity index (χ0) is 11.7. The molecular weight excluding hydrogens is 228 g/mol. The van der Waals surface area contributed by atoms with Crippen LogP contribution in [-0.4, -0.2) is 9.78 Å². The molecule has 3 rings (SSSR count). The molecule has 2 nitrogen and oxygen atoms in total. The number of aromatic amines is 1. The number of hydrogen-bond donors (Lipinski definition) is 1. The highest BCUT2D eigenvalue weighted by atomic mass is 32.1. The number of para-hydroxylation sites is 1. The average molecular weight is 240 g/mol. The molecule has 0 saturated heterocycles. The lowest BCUT2D eigenvalue weighted by molar-refractivity contribution is 0.687. The maximum atomic E-state index is 5.46. The third kappa shape index (κ3) is 1.89. The summed E-state index contributed by atoms with van der Waals surface area (Å²) in [5.74, 6) is 0. The maximum Gasteiger partial charge on any atom is 0.130 e. The summed E-state index contributed by atoms with van der Waals surface area (Å²) in [5.41, 5.74) is 2.34. The van der Waals surface area contributed by atoms with Crippen molar-refractivity contribution in [2.75, 3.05) is 0 Å². The van der Waals surface area contributed by atoms with Crippen LogP contribution in [0.1, 0.15) is 5.56 Å². The highest BCUT2D eigenvalue weighted by molar-refractivity contribution is 7.71. The Morgan fingerprint density at radius 3 is 2.41 bits per heavy atom. The molecule has 0 aliphatic rings. The summed E-state index contributed by atoms with van der Waals surface area (Å²) in [6, 6.07) is 18.4. The molecule has 0 amide bonds. The van der Waals surface area contributed by atoms with Crippen molar-refractivity contribution in [1.29, 1.82) is 0 Å². The SMILES string of the molecule is S=c1c2ccccc2[nH]n1Cc1ccccc1. The number of aromatic nitrogens is 2. The van der Waals surface area contributed by atoms with Gasteiger partial charge < -0.3 is 0 Å². The molecule has 1 N–H and O–H groups in total. The monoisotopic (exact) mass is 240 g/mol. The van der Waals surface area contributed by atoms with E-state index in [2.05, 4.69) is 23.3 Å². The van der Waals surface area contributed by atoms with Gasteiger partial charge in [0.15, 0.2) is 0 Å². The predicted octanol–water partition coefficient (Wildman–Crippen LogP) is 3.75. The number of nitrogens with one attached hydrogen (secondary N) is 1. The molecule has 0 bridgehead atoms. The normalized spacial score (nSPS) is 10.8. The van der Waals surface area contributed by atoms with Gasteiger partial charge in [-0.3, -0.25) is 9.78 Å². The molecule has 3 aromatic rings. The molecule has 1 aromatic heterocycles. The highest BCUT2D eigenvalue weighted by Gasteiger charge is 2.02. The molecule has 0 aliphatic heterocycles. The number of hydrogen-bond acceptors (Lipinski definition) is 1. The van der Waals surface area contributed by atoms with Crippen LogP contribution in [0.5, 0.6) is 0 Å². The zero-order valence-electron chi connectivity index (χ0n) is 9.26. The van der Waals surface area contributed by atoms with Gasteiger partial charge >= 0.3 is 0 Å². The van der Waals surface area contributed by atoms with Crippen molar-refractivity contribution in [2.45, 2.75) is 6.54 Å². The van der Waals surface area contributed by atoms with Gasteiger partial charge in [-0.05, 0) is 17.7 Å². The van der Waals surface area contributed by atoms with E-state index in [1.165, 1.54) is 5.56 Å². The molecule has 0 fully saturated rings. The minimum absolute atomic E-state index is 0.786. The minimum Gasteiger partial charge on any atom is -0.297 e. The summed E-state index contributed by atoms with van der Waals surface area (Å²) in [4.78, 5) is 0. The van der Waals surface area contributed by atoms with Gasteiger partial charge in [0.1, 0.15) is 4.64 Å². The van der Waals surface area contributed by atoms with Crippen molar-refractivity contribution >= 4 is 23.1 Å². The van der Waals surface area contributed by atoms with E-state index in [0.29, 0.717) is 0 Å². The summed E-state index contributed by atoms with van der Waals surface area (Å²) < 4.78 is 2.87. The molecule has 0 unspecified atom stereocenters. The van der Waals surface area contributed by atoms with E-state index in [-0.39, 0.29) is 0 Å². The molecule has 0 spiro atoms. The number of nitrogens with zero attached hydrogens (tertiary/aromatic N) is 1. The van der Waals surface area contributed by atoms with Crippen LogP contribution in [0.4, 0.5) is 0 Å². The Kier molecular flexibility index (Phi) is 2.53. The van der Waals surface area contributed by atoms with Crippen LogP contribution in [0.2, 0.25) is 0 Å². The summed E-state index contributed by atoms with van der Waals surface area (Å²) >= 11 is 5.46. The largest absolute Gasteiger partial charge is 0.297 e. The Morgan fingerprint density at radius 2 is 1.65 bits per heavy atom. The van der Waals surface area contributed by atoms with Gasteiger partial charge in [-0.2, -0.15) is 0 Å². The van der Waals surface area contributed by atoms with Gasteiger partial charge in [0.2, 0.25) is 0 Å². The quantitative estimate of drug-likeness (QED) is 0.677. The van der Waals surface area contributed by atoms with E-state index >= 15 is 0 Å². The van der Waals surface area contributed by atoms with Crippen LogP contribution in [0.15, 0.2) is 54.6 Å². The standard InChI is InChI=1S/C14H12N2S/c17-14-12-8-4-5-9-13(12)15-16(14)10-11-6-2-1-3-7-11/h1-9,15H,10H2. The Hall–Kier alpha value is -1.87. The van der Waals surface area contributed by atoms with Crippen molar-refractivity contribution in [3.63, 3.8) is 0 Å². The van der Waals surface area contributed by atoms with E-state index in [0.717, 1.165) is 22.1 Å². The van der Waals surface area contributed by atoms with Crippen molar-refractivity contribution in [1.82, 2.24) is 9.78 Å². The van der Waals surface area contributed by atoms with Crippen LogP contribution < -0.4 is 0 Å². The van der Waals surface area contributed by atoms with Crippen LogP contribution >= 0.6 is 12.2 Å². The molecule has 0 aliphatic carbocycles. The summed E-state index contributed by atoms with van der Waals surface area (Å²) in [5, 5.41) is 4.43. The van der Waals surface area contributed by atoms with Crippen LogP contribution in [0, 0.1) is 4.64 Å². The number of benzene rings is 2. The Bertz CT molecular complexity index is 695. The van der Waals surface area contributed by atoms with Crippen molar-refractivity contribution in [3.05, 3.63) is 64.8 Å². The second-order valence-electron chi connectivity index (χ2n) is 4.03. The van der Waals surface area contributed by atoms with Crippen LogP contribution in [-0.2, 0) is 6.54 Å². The van der Waals surface area contributed by atoms with E-state index < -0.39 is 0 Å².